The largest absolute Gasteiger partial charge is 0.456 e. The third-order valence-electron chi connectivity index (χ3n) is 3.86. The molecular weight excluding hydrogens is 328 g/mol. The highest BCUT2D eigenvalue weighted by atomic mass is 16.6. The van der Waals surface area contributed by atoms with Crippen LogP contribution in [0.3, 0.4) is 0 Å². The molecule has 0 aromatic carbocycles. The Hall–Kier alpha value is -1.63. The Labute approximate surface area is 149 Å². The predicted molar refractivity (Wildman–Crippen MR) is 89.8 cm³/mol. The normalized spacial score (nSPS) is 25.9. The summed E-state index contributed by atoms with van der Waals surface area (Å²) in [6.07, 6.45) is -0.182. The van der Waals surface area contributed by atoms with Gasteiger partial charge in [0.05, 0.1) is 12.7 Å². The van der Waals surface area contributed by atoms with Crippen LogP contribution in [0.1, 0.15) is 66.2 Å². The van der Waals surface area contributed by atoms with Gasteiger partial charge in [0.1, 0.15) is 0 Å². The van der Waals surface area contributed by atoms with Crippen molar-refractivity contribution in [3.63, 3.8) is 0 Å². The summed E-state index contributed by atoms with van der Waals surface area (Å²) >= 11 is 0. The van der Waals surface area contributed by atoms with Gasteiger partial charge in [-0.1, -0.05) is 20.8 Å². The van der Waals surface area contributed by atoms with Gasteiger partial charge in [0.2, 0.25) is 0 Å². The monoisotopic (exact) mass is 358 g/mol. The van der Waals surface area contributed by atoms with E-state index in [1.165, 1.54) is 0 Å². The summed E-state index contributed by atoms with van der Waals surface area (Å²) in [6.45, 7) is 7.45. The maximum atomic E-state index is 12.0. The quantitative estimate of drug-likeness (QED) is 0.462. The molecule has 7 nitrogen and oxygen atoms in total. The molecule has 1 aliphatic heterocycles. The van der Waals surface area contributed by atoms with Gasteiger partial charge in [0, 0.05) is 19.3 Å². The number of ether oxygens (including phenoxy) is 4. The summed E-state index contributed by atoms with van der Waals surface area (Å²) in [7, 11) is 0. The molecule has 0 spiro atoms. The van der Waals surface area contributed by atoms with Crippen molar-refractivity contribution in [2.24, 2.45) is 0 Å². The van der Waals surface area contributed by atoms with E-state index in [1.807, 2.05) is 20.8 Å². The smallest absolute Gasteiger partial charge is 0.306 e. The lowest BCUT2D eigenvalue weighted by Crippen LogP contribution is -2.56. The van der Waals surface area contributed by atoms with Crippen LogP contribution in [0.15, 0.2) is 0 Å². The van der Waals surface area contributed by atoms with Crippen LogP contribution >= 0.6 is 0 Å². The molecule has 1 saturated heterocycles. The van der Waals surface area contributed by atoms with Crippen molar-refractivity contribution in [1.82, 2.24) is 0 Å². The first-order valence-corrected chi connectivity index (χ1v) is 9.12. The van der Waals surface area contributed by atoms with E-state index in [2.05, 4.69) is 0 Å². The molecule has 0 N–H and O–H groups in total. The van der Waals surface area contributed by atoms with Gasteiger partial charge in [-0.05, 0) is 26.2 Å². The minimum absolute atomic E-state index is 0.0997. The van der Waals surface area contributed by atoms with Crippen LogP contribution < -0.4 is 0 Å². The molecule has 0 amide bonds. The number of rotatable bonds is 9. The van der Waals surface area contributed by atoms with E-state index < -0.39 is 30.4 Å². The number of hydrogen-bond donors (Lipinski definition) is 0. The van der Waals surface area contributed by atoms with Crippen molar-refractivity contribution in [2.45, 2.75) is 90.6 Å². The van der Waals surface area contributed by atoms with Crippen LogP contribution in [0.2, 0.25) is 0 Å². The molecule has 0 radical (unpaired) electrons. The first-order chi connectivity index (χ1) is 11.9. The summed E-state index contributed by atoms with van der Waals surface area (Å²) in [5.41, 5.74) is 0. The zero-order valence-corrected chi connectivity index (χ0v) is 15.6. The first kappa shape index (κ1) is 21.4. The molecule has 1 heterocycles. The van der Waals surface area contributed by atoms with Crippen LogP contribution in [0, 0.1) is 0 Å². The fourth-order valence-electron chi connectivity index (χ4n) is 2.58. The lowest BCUT2D eigenvalue weighted by atomic mass is 10.00. The Bertz CT molecular complexity index is 449. The van der Waals surface area contributed by atoms with E-state index >= 15 is 0 Å². The highest BCUT2D eigenvalue weighted by Gasteiger charge is 2.45. The van der Waals surface area contributed by atoms with Crippen LogP contribution in [0.25, 0.3) is 0 Å². The van der Waals surface area contributed by atoms with Crippen molar-refractivity contribution < 1.29 is 33.3 Å². The standard InChI is InChI=1S/C18H30O7/c1-5-8-14(19)23-13-11-22-12(4)17(24-15(20)9-6-2)18(13)25-16(21)10-7-3/h12-13,17-18H,5-11H2,1-4H3. The molecular formula is C18H30O7. The average molecular weight is 358 g/mol. The van der Waals surface area contributed by atoms with E-state index in [9.17, 15) is 14.4 Å². The maximum Gasteiger partial charge on any atom is 0.306 e. The molecule has 1 rings (SSSR count). The number of hydrogen-bond acceptors (Lipinski definition) is 7. The Morgan fingerprint density at radius 2 is 1.24 bits per heavy atom. The van der Waals surface area contributed by atoms with Gasteiger partial charge in [-0.3, -0.25) is 14.4 Å². The Morgan fingerprint density at radius 1 is 0.800 bits per heavy atom. The molecule has 0 bridgehead atoms. The topological polar surface area (TPSA) is 88.1 Å². The minimum atomic E-state index is -0.857. The summed E-state index contributed by atoms with van der Waals surface area (Å²) in [6, 6.07) is 0. The SMILES string of the molecule is CCCC(=O)OC1COC(C)C(OC(=O)CCC)C1OC(=O)CCC. The van der Waals surface area contributed by atoms with Crippen molar-refractivity contribution in [3.8, 4) is 0 Å². The number of esters is 3. The molecule has 25 heavy (non-hydrogen) atoms. The van der Waals surface area contributed by atoms with E-state index in [-0.39, 0.29) is 37.8 Å². The second kappa shape index (κ2) is 11.1. The molecule has 0 aliphatic carbocycles. The summed E-state index contributed by atoms with van der Waals surface area (Å²) in [5, 5.41) is 0. The molecule has 7 heteroatoms. The second-order valence-corrected chi connectivity index (χ2v) is 6.23. The molecule has 144 valence electrons. The molecule has 0 aromatic heterocycles. The van der Waals surface area contributed by atoms with Crippen LogP contribution in [0.5, 0.6) is 0 Å². The maximum absolute atomic E-state index is 12.0. The molecule has 1 aliphatic rings. The number of carbonyl (C=O) groups is 3. The van der Waals surface area contributed by atoms with Gasteiger partial charge in [-0.25, -0.2) is 0 Å². The lowest BCUT2D eigenvalue weighted by molar-refractivity contribution is -0.225. The molecule has 1 fully saturated rings. The van der Waals surface area contributed by atoms with Gasteiger partial charge in [-0.15, -0.1) is 0 Å². The summed E-state index contributed by atoms with van der Waals surface area (Å²) in [4.78, 5) is 35.8. The fraction of sp³-hybridized carbons (Fsp3) is 0.833. The molecule has 4 unspecified atom stereocenters. The molecule has 4 atom stereocenters. The lowest BCUT2D eigenvalue weighted by Gasteiger charge is -2.39. The minimum Gasteiger partial charge on any atom is -0.456 e. The second-order valence-electron chi connectivity index (χ2n) is 6.23. The van der Waals surface area contributed by atoms with Gasteiger partial charge >= 0.3 is 17.9 Å². The van der Waals surface area contributed by atoms with Crippen molar-refractivity contribution in [2.75, 3.05) is 6.61 Å². The van der Waals surface area contributed by atoms with Crippen molar-refractivity contribution in [3.05, 3.63) is 0 Å². The van der Waals surface area contributed by atoms with Crippen molar-refractivity contribution in [1.29, 1.82) is 0 Å². The van der Waals surface area contributed by atoms with E-state index in [0.717, 1.165) is 0 Å². The Kier molecular flexibility index (Phi) is 9.49. The van der Waals surface area contributed by atoms with Gasteiger partial charge in [0.15, 0.2) is 18.3 Å². The first-order valence-electron chi connectivity index (χ1n) is 9.12. The van der Waals surface area contributed by atoms with E-state index in [1.54, 1.807) is 6.92 Å². The van der Waals surface area contributed by atoms with Gasteiger partial charge < -0.3 is 18.9 Å². The zero-order chi connectivity index (χ0) is 18.8. The number of carbonyl (C=O) groups excluding carboxylic acids is 3. The van der Waals surface area contributed by atoms with E-state index in [4.69, 9.17) is 18.9 Å². The summed E-state index contributed by atoms with van der Waals surface area (Å²) < 4.78 is 22.0. The van der Waals surface area contributed by atoms with Crippen molar-refractivity contribution >= 4 is 17.9 Å². The average Bonchev–Trinajstić information content (AvgIpc) is 2.54. The highest BCUT2D eigenvalue weighted by Crippen LogP contribution is 2.25. The van der Waals surface area contributed by atoms with E-state index in [0.29, 0.717) is 19.3 Å². The summed E-state index contributed by atoms with van der Waals surface area (Å²) in [5.74, 6) is -1.18. The highest BCUT2D eigenvalue weighted by molar-refractivity contribution is 5.71. The Balaban J connectivity index is 2.91. The van der Waals surface area contributed by atoms with Crippen LogP contribution in [0.4, 0.5) is 0 Å². The fourth-order valence-corrected chi connectivity index (χ4v) is 2.58. The van der Waals surface area contributed by atoms with Gasteiger partial charge in [0.25, 0.3) is 0 Å². The zero-order valence-electron chi connectivity index (χ0n) is 15.6. The van der Waals surface area contributed by atoms with Crippen LogP contribution in [-0.2, 0) is 33.3 Å². The molecule has 0 saturated carbocycles. The van der Waals surface area contributed by atoms with Gasteiger partial charge in [-0.2, -0.15) is 0 Å². The Morgan fingerprint density at radius 3 is 1.72 bits per heavy atom. The van der Waals surface area contributed by atoms with Crippen LogP contribution in [-0.4, -0.2) is 48.9 Å². The molecule has 0 aromatic rings. The third-order valence-corrected chi connectivity index (χ3v) is 3.86. The predicted octanol–water partition coefficient (Wildman–Crippen LogP) is 2.54. The third kappa shape index (κ3) is 7.02.